The molecule has 1 aromatic rings. The van der Waals surface area contributed by atoms with E-state index in [9.17, 15) is 0 Å². The second kappa shape index (κ2) is 3.58. The van der Waals surface area contributed by atoms with Crippen molar-refractivity contribution >= 4 is 5.57 Å². The van der Waals surface area contributed by atoms with Gasteiger partial charge in [0.05, 0.1) is 6.04 Å². The molecule has 2 aliphatic rings. The average molecular weight is 225 g/mol. The minimum absolute atomic E-state index is 0.0855. The van der Waals surface area contributed by atoms with Crippen LogP contribution in [0.15, 0.2) is 35.4 Å². The Morgan fingerprint density at radius 1 is 1.24 bits per heavy atom. The van der Waals surface area contributed by atoms with Crippen molar-refractivity contribution in [2.45, 2.75) is 33.2 Å². The van der Waals surface area contributed by atoms with Crippen LogP contribution in [-0.2, 0) is 0 Å². The first kappa shape index (κ1) is 10.8. The van der Waals surface area contributed by atoms with Gasteiger partial charge in [0.15, 0.2) is 0 Å². The number of fused-ring (bicyclic) bond motifs is 2. The van der Waals surface area contributed by atoms with Crippen molar-refractivity contribution in [2.75, 3.05) is 0 Å². The van der Waals surface area contributed by atoms with Gasteiger partial charge in [-0.25, -0.2) is 0 Å². The number of hydrogen-bond donors (Lipinski definition) is 1. The Bertz CT molecular complexity index is 549. The Labute approximate surface area is 103 Å². The van der Waals surface area contributed by atoms with Crippen LogP contribution in [-0.4, -0.2) is 0 Å². The molecule has 0 aliphatic heterocycles. The van der Waals surface area contributed by atoms with Gasteiger partial charge >= 0.3 is 0 Å². The van der Waals surface area contributed by atoms with Crippen molar-refractivity contribution in [2.24, 2.45) is 11.7 Å². The first-order valence-corrected chi connectivity index (χ1v) is 6.35. The Hall–Kier alpha value is -1.34. The standard InChI is InChI=1S/C16H19N/c1-9-4-5-12-13-7-10(2)11(3)8-15(13)16(17)14(12)6-9/h4-6,8,10,16H,7,17H2,1-3H3. The average Bonchev–Trinajstić information content (AvgIpc) is 2.54. The molecular weight excluding hydrogens is 206 g/mol. The third-order valence-electron chi connectivity index (χ3n) is 4.22. The molecule has 0 radical (unpaired) electrons. The second-order valence-electron chi connectivity index (χ2n) is 5.50. The van der Waals surface area contributed by atoms with E-state index in [-0.39, 0.29) is 6.04 Å². The SMILES string of the molecule is CC1=CC2=C(CC1C)c1ccc(C)cc1C2N. The van der Waals surface area contributed by atoms with Gasteiger partial charge in [0, 0.05) is 0 Å². The maximum atomic E-state index is 6.38. The van der Waals surface area contributed by atoms with Crippen molar-refractivity contribution in [1.29, 1.82) is 0 Å². The van der Waals surface area contributed by atoms with Crippen LogP contribution in [0.5, 0.6) is 0 Å². The highest BCUT2D eigenvalue weighted by Crippen LogP contribution is 2.46. The predicted molar refractivity (Wildman–Crippen MR) is 72.6 cm³/mol. The lowest BCUT2D eigenvalue weighted by molar-refractivity contribution is 0.689. The van der Waals surface area contributed by atoms with Crippen molar-refractivity contribution in [3.63, 3.8) is 0 Å². The van der Waals surface area contributed by atoms with E-state index in [0.29, 0.717) is 5.92 Å². The molecule has 2 atom stereocenters. The van der Waals surface area contributed by atoms with Gasteiger partial charge in [-0.2, -0.15) is 0 Å². The van der Waals surface area contributed by atoms with Crippen molar-refractivity contribution < 1.29 is 0 Å². The molecule has 3 rings (SSSR count). The van der Waals surface area contributed by atoms with Crippen molar-refractivity contribution in [3.05, 3.63) is 52.1 Å². The number of aryl methyl sites for hydroxylation is 1. The van der Waals surface area contributed by atoms with Gasteiger partial charge in [0.1, 0.15) is 0 Å². The van der Waals surface area contributed by atoms with Crippen LogP contribution in [0.2, 0.25) is 0 Å². The van der Waals surface area contributed by atoms with E-state index in [1.807, 2.05) is 0 Å². The fraction of sp³-hybridized carbons (Fsp3) is 0.375. The molecule has 0 amide bonds. The second-order valence-corrected chi connectivity index (χ2v) is 5.50. The monoisotopic (exact) mass is 225 g/mol. The van der Waals surface area contributed by atoms with Gasteiger partial charge in [0.25, 0.3) is 0 Å². The highest BCUT2D eigenvalue weighted by atomic mass is 14.7. The Morgan fingerprint density at radius 3 is 2.76 bits per heavy atom. The Balaban J connectivity index is 2.17. The summed E-state index contributed by atoms with van der Waals surface area (Å²) in [6.07, 6.45) is 3.45. The smallest absolute Gasteiger partial charge is 0.0560 e. The maximum Gasteiger partial charge on any atom is 0.0560 e. The minimum Gasteiger partial charge on any atom is -0.320 e. The number of nitrogens with two attached hydrogens (primary N) is 1. The minimum atomic E-state index is 0.0855. The lowest BCUT2D eigenvalue weighted by Gasteiger charge is -2.21. The molecular formula is C16H19N. The number of hydrogen-bond acceptors (Lipinski definition) is 1. The van der Waals surface area contributed by atoms with Crippen LogP contribution in [0.4, 0.5) is 0 Å². The third kappa shape index (κ3) is 1.49. The molecule has 0 bridgehead atoms. The van der Waals surface area contributed by atoms with Crippen LogP contribution in [0.1, 0.15) is 43.0 Å². The number of rotatable bonds is 0. The maximum absolute atomic E-state index is 6.38. The van der Waals surface area contributed by atoms with E-state index >= 15 is 0 Å². The van der Waals surface area contributed by atoms with Crippen molar-refractivity contribution in [3.8, 4) is 0 Å². The highest BCUT2D eigenvalue weighted by molar-refractivity contribution is 5.82. The van der Waals surface area contributed by atoms with Gasteiger partial charge in [0.2, 0.25) is 0 Å². The first-order chi connectivity index (χ1) is 8.08. The van der Waals surface area contributed by atoms with Crippen LogP contribution >= 0.6 is 0 Å². The summed E-state index contributed by atoms with van der Waals surface area (Å²) in [6, 6.07) is 6.76. The topological polar surface area (TPSA) is 26.0 Å². The summed E-state index contributed by atoms with van der Waals surface area (Å²) >= 11 is 0. The number of allylic oxidation sites excluding steroid dienone is 2. The van der Waals surface area contributed by atoms with E-state index in [1.165, 1.54) is 33.4 Å². The van der Waals surface area contributed by atoms with Crippen molar-refractivity contribution in [1.82, 2.24) is 0 Å². The third-order valence-corrected chi connectivity index (χ3v) is 4.22. The van der Waals surface area contributed by atoms with Crippen LogP contribution < -0.4 is 5.73 Å². The normalized spacial score (nSPS) is 26.7. The van der Waals surface area contributed by atoms with Gasteiger partial charge in [-0.05, 0) is 48.5 Å². The molecule has 1 nitrogen and oxygen atoms in total. The molecule has 0 saturated heterocycles. The molecule has 17 heavy (non-hydrogen) atoms. The van der Waals surface area contributed by atoms with E-state index in [4.69, 9.17) is 5.73 Å². The zero-order valence-electron chi connectivity index (χ0n) is 10.7. The number of benzene rings is 1. The van der Waals surface area contributed by atoms with Gasteiger partial charge in [-0.1, -0.05) is 42.3 Å². The molecule has 0 saturated carbocycles. The van der Waals surface area contributed by atoms with E-state index in [0.717, 1.165) is 6.42 Å². The Kier molecular flexibility index (Phi) is 2.27. The molecule has 0 fully saturated rings. The summed E-state index contributed by atoms with van der Waals surface area (Å²) in [5, 5.41) is 0. The predicted octanol–water partition coefficient (Wildman–Crippen LogP) is 3.75. The highest BCUT2D eigenvalue weighted by Gasteiger charge is 2.31. The molecule has 2 aliphatic carbocycles. The molecule has 0 heterocycles. The summed E-state index contributed by atoms with van der Waals surface area (Å²) in [6.45, 7) is 6.65. The molecule has 1 aromatic carbocycles. The molecule has 1 heteroatoms. The van der Waals surface area contributed by atoms with Gasteiger partial charge < -0.3 is 5.73 Å². The van der Waals surface area contributed by atoms with Crippen LogP contribution in [0.25, 0.3) is 5.57 Å². The van der Waals surface area contributed by atoms with E-state index in [1.54, 1.807) is 0 Å². The molecule has 88 valence electrons. The lowest BCUT2D eigenvalue weighted by Crippen LogP contribution is -2.11. The summed E-state index contributed by atoms with van der Waals surface area (Å²) in [5.41, 5.74) is 14.7. The zero-order chi connectivity index (χ0) is 12.2. The van der Waals surface area contributed by atoms with Gasteiger partial charge in [-0.15, -0.1) is 0 Å². The Morgan fingerprint density at radius 2 is 2.00 bits per heavy atom. The zero-order valence-corrected chi connectivity index (χ0v) is 10.7. The fourth-order valence-corrected chi connectivity index (χ4v) is 2.98. The quantitative estimate of drug-likeness (QED) is 0.715. The first-order valence-electron chi connectivity index (χ1n) is 6.35. The van der Waals surface area contributed by atoms with Crippen LogP contribution in [0.3, 0.4) is 0 Å². The summed E-state index contributed by atoms with van der Waals surface area (Å²) in [4.78, 5) is 0. The lowest BCUT2D eigenvalue weighted by atomic mass is 9.85. The molecule has 2 unspecified atom stereocenters. The summed E-state index contributed by atoms with van der Waals surface area (Å²) in [5.74, 6) is 0.646. The van der Waals surface area contributed by atoms with E-state index in [2.05, 4.69) is 45.0 Å². The molecule has 0 aromatic heterocycles. The van der Waals surface area contributed by atoms with Gasteiger partial charge in [-0.3, -0.25) is 0 Å². The summed E-state index contributed by atoms with van der Waals surface area (Å²) in [7, 11) is 0. The summed E-state index contributed by atoms with van der Waals surface area (Å²) < 4.78 is 0. The molecule has 0 spiro atoms. The fourth-order valence-electron chi connectivity index (χ4n) is 2.98. The van der Waals surface area contributed by atoms with E-state index < -0.39 is 0 Å². The molecule has 2 N–H and O–H groups in total. The van der Waals surface area contributed by atoms with Crippen LogP contribution in [0, 0.1) is 12.8 Å². The largest absolute Gasteiger partial charge is 0.320 e.